The summed E-state index contributed by atoms with van der Waals surface area (Å²) in [6, 6.07) is 16.2. The van der Waals surface area contributed by atoms with Crippen molar-refractivity contribution in [1.82, 2.24) is 15.5 Å². The summed E-state index contributed by atoms with van der Waals surface area (Å²) in [6.45, 7) is 14.6. The third-order valence-corrected chi connectivity index (χ3v) is 6.49. The van der Waals surface area contributed by atoms with E-state index in [0.717, 1.165) is 16.8 Å². The number of hydrogen-bond acceptors (Lipinski definition) is 6. The molecule has 0 saturated carbocycles. The van der Waals surface area contributed by atoms with Crippen LogP contribution < -0.4 is 15.5 Å². The number of nitrogens with one attached hydrogen (secondary N) is 2. The second-order valence-corrected chi connectivity index (χ2v) is 10.9. The van der Waals surface area contributed by atoms with E-state index in [1.165, 1.54) is 0 Å². The van der Waals surface area contributed by atoms with Crippen molar-refractivity contribution in [2.75, 3.05) is 31.1 Å². The number of nitrogens with zero attached hydrogens (tertiary/aromatic N) is 2. The molecule has 3 amide bonds. The molecule has 2 aromatic rings. The van der Waals surface area contributed by atoms with E-state index in [1.807, 2.05) is 80.3 Å². The largest absolute Gasteiger partial charge is 0.445 e. The van der Waals surface area contributed by atoms with E-state index in [2.05, 4.69) is 23.8 Å². The fourth-order valence-electron chi connectivity index (χ4n) is 4.50. The lowest BCUT2D eigenvalue weighted by molar-refractivity contribution is -0.123. The molecule has 220 valence electrons. The smallest absolute Gasteiger partial charge is 0.410 e. The predicted molar refractivity (Wildman–Crippen MR) is 161 cm³/mol. The van der Waals surface area contributed by atoms with Gasteiger partial charge in [-0.25, -0.2) is 9.59 Å². The number of carbonyl (C=O) groups excluding carboxylic acids is 3. The van der Waals surface area contributed by atoms with Crippen LogP contribution in [0.2, 0.25) is 0 Å². The number of ether oxygens (including phenoxy) is 2. The van der Waals surface area contributed by atoms with Gasteiger partial charge in [-0.2, -0.15) is 0 Å². The highest BCUT2D eigenvalue weighted by molar-refractivity contribution is 5.86. The molecule has 2 aromatic carbocycles. The summed E-state index contributed by atoms with van der Waals surface area (Å²) in [5.41, 5.74) is 1.91. The number of alkyl carbamates (subject to hydrolysis) is 1. The van der Waals surface area contributed by atoms with Crippen molar-refractivity contribution in [2.24, 2.45) is 0 Å². The molecule has 2 N–H and O–H groups in total. The van der Waals surface area contributed by atoms with E-state index in [1.54, 1.807) is 17.1 Å². The van der Waals surface area contributed by atoms with Gasteiger partial charge >= 0.3 is 12.2 Å². The number of carbonyl (C=O) groups is 3. The number of amides is 3. The standard InChI is InChI=1S/C32H42N4O5/c1-6-8-18-33-29(37)28-22-35(31(39)41-32(3,4)5)19-20-36(28)26-17-12-16-25(21-26)27(13-7-2)34-30(38)40-23-24-14-10-9-11-15-24/h6-7,9-12,14-17,21,27-28H,1-2,8,13,18-20,22-23H2,3-5H3,(H,33,37)(H,34,38)/t27?,28-/m1/s1. The van der Waals surface area contributed by atoms with Gasteiger partial charge in [-0.15, -0.1) is 13.2 Å². The Morgan fingerprint density at radius 2 is 1.80 bits per heavy atom. The highest BCUT2D eigenvalue weighted by atomic mass is 16.6. The Kier molecular flexibility index (Phi) is 11.4. The van der Waals surface area contributed by atoms with Crippen molar-refractivity contribution in [2.45, 2.75) is 57.9 Å². The molecule has 0 spiro atoms. The van der Waals surface area contributed by atoms with E-state index < -0.39 is 23.8 Å². The lowest BCUT2D eigenvalue weighted by Crippen LogP contribution is -2.60. The topological polar surface area (TPSA) is 100 Å². The minimum Gasteiger partial charge on any atom is -0.445 e. The van der Waals surface area contributed by atoms with Crippen LogP contribution in [-0.4, -0.2) is 60.8 Å². The summed E-state index contributed by atoms with van der Waals surface area (Å²) in [6.07, 6.45) is 3.63. The summed E-state index contributed by atoms with van der Waals surface area (Å²) >= 11 is 0. The van der Waals surface area contributed by atoms with Crippen molar-refractivity contribution >= 4 is 23.8 Å². The summed E-state index contributed by atoms with van der Waals surface area (Å²) in [7, 11) is 0. The van der Waals surface area contributed by atoms with E-state index in [9.17, 15) is 14.4 Å². The van der Waals surface area contributed by atoms with E-state index in [4.69, 9.17) is 9.47 Å². The van der Waals surface area contributed by atoms with Gasteiger partial charge in [0.1, 0.15) is 18.2 Å². The molecule has 0 aliphatic carbocycles. The molecule has 0 bridgehead atoms. The molecule has 1 saturated heterocycles. The Labute approximate surface area is 243 Å². The van der Waals surface area contributed by atoms with Gasteiger partial charge in [-0.3, -0.25) is 4.79 Å². The highest BCUT2D eigenvalue weighted by Crippen LogP contribution is 2.27. The number of hydrogen-bond donors (Lipinski definition) is 2. The van der Waals surface area contributed by atoms with Crippen LogP contribution >= 0.6 is 0 Å². The monoisotopic (exact) mass is 562 g/mol. The zero-order valence-corrected chi connectivity index (χ0v) is 24.3. The average molecular weight is 563 g/mol. The van der Waals surface area contributed by atoms with E-state index in [0.29, 0.717) is 32.5 Å². The van der Waals surface area contributed by atoms with Crippen LogP contribution in [0.5, 0.6) is 0 Å². The van der Waals surface area contributed by atoms with Crippen LogP contribution in [0, 0.1) is 0 Å². The van der Waals surface area contributed by atoms with Gasteiger partial charge in [0.25, 0.3) is 0 Å². The first kappa shape index (κ1) is 31.3. The van der Waals surface area contributed by atoms with E-state index in [-0.39, 0.29) is 25.1 Å². The molecule has 1 aliphatic rings. The minimum absolute atomic E-state index is 0.165. The Balaban J connectivity index is 1.78. The second kappa shape index (κ2) is 14.9. The van der Waals surface area contributed by atoms with Crippen molar-refractivity contribution in [3.8, 4) is 0 Å². The molecule has 1 unspecified atom stereocenters. The lowest BCUT2D eigenvalue weighted by atomic mass is 10.0. The molecule has 9 heteroatoms. The van der Waals surface area contributed by atoms with Crippen LogP contribution in [0.15, 0.2) is 79.9 Å². The van der Waals surface area contributed by atoms with Crippen LogP contribution in [0.3, 0.4) is 0 Å². The Morgan fingerprint density at radius 1 is 1.05 bits per heavy atom. The van der Waals surface area contributed by atoms with Gasteiger partial charge in [0.2, 0.25) is 5.91 Å². The Hall–Kier alpha value is -4.27. The van der Waals surface area contributed by atoms with Gasteiger partial charge in [0.15, 0.2) is 0 Å². The molecule has 0 radical (unpaired) electrons. The number of rotatable bonds is 11. The fraction of sp³-hybridized carbons (Fsp3) is 0.406. The third kappa shape index (κ3) is 9.70. The van der Waals surface area contributed by atoms with Crippen LogP contribution in [0.25, 0.3) is 0 Å². The second-order valence-electron chi connectivity index (χ2n) is 10.9. The first-order chi connectivity index (χ1) is 19.6. The third-order valence-electron chi connectivity index (χ3n) is 6.49. The van der Waals surface area contributed by atoms with Crippen LogP contribution in [0.4, 0.5) is 15.3 Å². The SMILES string of the molecule is C=CCCNC(=O)[C@H]1CN(C(=O)OC(C)(C)C)CCN1c1cccc(C(CC=C)NC(=O)OCc2ccccc2)c1. The van der Waals surface area contributed by atoms with Crippen LogP contribution in [-0.2, 0) is 20.9 Å². The van der Waals surface area contributed by atoms with Crippen molar-refractivity contribution < 1.29 is 23.9 Å². The summed E-state index contributed by atoms with van der Waals surface area (Å²) < 4.78 is 11.0. The zero-order chi connectivity index (χ0) is 29.8. The summed E-state index contributed by atoms with van der Waals surface area (Å²) in [4.78, 5) is 42.3. The first-order valence-corrected chi connectivity index (χ1v) is 13.9. The highest BCUT2D eigenvalue weighted by Gasteiger charge is 2.36. The molecule has 1 aliphatic heterocycles. The van der Waals surface area contributed by atoms with E-state index >= 15 is 0 Å². The molecule has 0 aromatic heterocycles. The van der Waals surface area contributed by atoms with Gasteiger partial charge in [-0.1, -0.05) is 54.6 Å². The zero-order valence-electron chi connectivity index (χ0n) is 24.3. The summed E-state index contributed by atoms with van der Waals surface area (Å²) in [5.74, 6) is -0.184. The normalized spacial score (nSPS) is 15.8. The summed E-state index contributed by atoms with van der Waals surface area (Å²) in [5, 5.41) is 5.89. The van der Waals surface area contributed by atoms with Gasteiger partial charge in [0, 0.05) is 25.3 Å². The van der Waals surface area contributed by atoms with Crippen molar-refractivity contribution in [3.05, 3.63) is 91.0 Å². The minimum atomic E-state index is -0.639. The number of piperazine rings is 1. The van der Waals surface area contributed by atoms with Gasteiger partial charge < -0.3 is 29.9 Å². The molecular weight excluding hydrogens is 520 g/mol. The predicted octanol–water partition coefficient (Wildman–Crippen LogP) is 5.35. The molecule has 41 heavy (non-hydrogen) atoms. The first-order valence-electron chi connectivity index (χ1n) is 13.9. The number of anilines is 1. The maximum absolute atomic E-state index is 13.3. The Bertz CT molecular complexity index is 1190. The maximum atomic E-state index is 13.3. The number of benzene rings is 2. The quantitative estimate of drug-likeness (QED) is 0.283. The van der Waals surface area contributed by atoms with Gasteiger partial charge in [-0.05, 0) is 56.9 Å². The molecule has 1 heterocycles. The Morgan fingerprint density at radius 3 is 2.49 bits per heavy atom. The molecule has 2 atom stereocenters. The lowest BCUT2D eigenvalue weighted by Gasteiger charge is -2.42. The average Bonchev–Trinajstić information content (AvgIpc) is 2.95. The van der Waals surface area contributed by atoms with Crippen LogP contribution in [0.1, 0.15) is 50.8 Å². The van der Waals surface area contributed by atoms with Crippen molar-refractivity contribution in [3.63, 3.8) is 0 Å². The molecule has 1 fully saturated rings. The van der Waals surface area contributed by atoms with Gasteiger partial charge in [0.05, 0.1) is 12.6 Å². The fourth-order valence-corrected chi connectivity index (χ4v) is 4.50. The van der Waals surface area contributed by atoms with Crippen molar-refractivity contribution in [1.29, 1.82) is 0 Å². The maximum Gasteiger partial charge on any atom is 0.410 e. The molecule has 9 nitrogen and oxygen atoms in total. The molecular formula is C32H42N4O5. The molecule has 3 rings (SSSR count).